The van der Waals surface area contributed by atoms with Crippen molar-refractivity contribution in [2.24, 2.45) is 5.73 Å². The molecule has 3 N–H and O–H groups in total. The minimum Gasteiger partial charge on any atom is -0.507 e. The Morgan fingerprint density at radius 1 is 1.45 bits per heavy atom. The third-order valence-electron chi connectivity index (χ3n) is 3.54. The molecule has 0 unspecified atom stereocenters. The standard InChI is InChI=1S/C14H17FN2O2S/c15-9-5-6-11(12(18)7-9)14(19)17(8-13(16)20)10-3-1-2-4-10/h5-7,10,18H,1-4,8H2,(H2,16,20). The number of phenolic OH excluding ortho intramolecular Hbond substituents is 1. The van der Waals surface area contributed by atoms with Gasteiger partial charge in [-0.25, -0.2) is 4.39 Å². The molecule has 4 nitrogen and oxygen atoms in total. The van der Waals surface area contributed by atoms with E-state index in [1.165, 1.54) is 6.07 Å². The number of hydrogen-bond donors (Lipinski definition) is 2. The monoisotopic (exact) mass is 296 g/mol. The van der Waals surface area contributed by atoms with Crippen LogP contribution in [-0.4, -0.2) is 33.5 Å². The van der Waals surface area contributed by atoms with Crippen molar-refractivity contribution in [2.45, 2.75) is 31.7 Å². The van der Waals surface area contributed by atoms with Gasteiger partial charge in [-0.05, 0) is 25.0 Å². The van der Waals surface area contributed by atoms with Gasteiger partial charge in [0.05, 0.1) is 17.1 Å². The maximum atomic E-state index is 13.0. The number of thiocarbonyl (C=S) groups is 1. The summed E-state index contributed by atoms with van der Waals surface area (Å²) in [6.07, 6.45) is 3.91. The molecule has 0 atom stereocenters. The number of carbonyl (C=O) groups is 1. The second kappa shape index (κ2) is 6.17. The summed E-state index contributed by atoms with van der Waals surface area (Å²) in [5.41, 5.74) is 5.63. The molecule has 2 rings (SSSR count). The van der Waals surface area contributed by atoms with E-state index < -0.39 is 5.82 Å². The molecule has 108 valence electrons. The Morgan fingerprint density at radius 2 is 2.10 bits per heavy atom. The minimum absolute atomic E-state index is 0.0773. The van der Waals surface area contributed by atoms with Gasteiger partial charge in [0.1, 0.15) is 11.6 Å². The maximum Gasteiger partial charge on any atom is 0.258 e. The third-order valence-corrected chi connectivity index (χ3v) is 3.67. The number of aromatic hydroxyl groups is 1. The molecule has 1 aromatic rings. The van der Waals surface area contributed by atoms with Crippen molar-refractivity contribution in [2.75, 3.05) is 6.54 Å². The number of carbonyl (C=O) groups excluding carboxylic acids is 1. The van der Waals surface area contributed by atoms with Crippen molar-refractivity contribution in [3.8, 4) is 5.75 Å². The average molecular weight is 296 g/mol. The van der Waals surface area contributed by atoms with Crippen molar-refractivity contribution in [3.05, 3.63) is 29.6 Å². The largest absolute Gasteiger partial charge is 0.507 e. The zero-order valence-electron chi connectivity index (χ0n) is 11.0. The Bertz CT molecular complexity index is 530. The van der Waals surface area contributed by atoms with E-state index in [1.807, 2.05) is 0 Å². The first-order valence-electron chi connectivity index (χ1n) is 6.57. The zero-order valence-corrected chi connectivity index (χ0v) is 11.8. The molecule has 0 aromatic heterocycles. The molecule has 1 aliphatic carbocycles. The van der Waals surface area contributed by atoms with Crippen LogP contribution in [-0.2, 0) is 0 Å². The number of nitrogens with two attached hydrogens (primary N) is 1. The highest BCUT2D eigenvalue weighted by molar-refractivity contribution is 7.80. The topological polar surface area (TPSA) is 66.6 Å². The first-order valence-corrected chi connectivity index (χ1v) is 6.97. The average Bonchev–Trinajstić information content (AvgIpc) is 2.88. The van der Waals surface area contributed by atoms with Gasteiger partial charge in [0.15, 0.2) is 0 Å². The van der Waals surface area contributed by atoms with Crippen molar-refractivity contribution < 1.29 is 14.3 Å². The molecule has 0 bridgehead atoms. The fraction of sp³-hybridized carbons (Fsp3) is 0.429. The summed E-state index contributed by atoms with van der Waals surface area (Å²) < 4.78 is 13.0. The molecule has 1 fully saturated rings. The minimum atomic E-state index is -0.583. The van der Waals surface area contributed by atoms with Gasteiger partial charge in [-0.3, -0.25) is 4.79 Å². The number of amides is 1. The quantitative estimate of drug-likeness (QED) is 0.836. The lowest BCUT2D eigenvalue weighted by atomic mass is 10.1. The smallest absolute Gasteiger partial charge is 0.258 e. The first kappa shape index (κ1) is 14.7. The third kappa shape index (κ3) is 3.25. The van der Waals surface area contributed by atoms with Gasteiger partial charge in [-0.15, -0.1) is 0 Å². The fourth-order valence-corrected chi connectivity index (χ4v) is 2.73. The molecule has 1 amide bonds. The summed E-state index contributed by atoms with van der Waals surface area (Å²) >= 11 is 4.89. The molecule has 0 radical (unpaired) electrons. The Balaban J connectivity index is 2.27. The number of phenols is 1. The number of nitrogens with zero attached hydrogens (tertiary/aromatic N) is 1. The summed E-state index contributed by atoms with van der Waals surface area (Å²) in [7, 11) is 0. The van der Waals surface area contributed by atoms with Crippen molar-refractivity contribution in [1.29, 1.82) is 0 Å². The van der Waals surface area contributed by atoms with Crippen LogP contribution >= 0.6 is 12.2 Å². The van der Waals surface area contributed by atoms with Crippen LogP contribution in [0.1, 0.15) is 36.0 Å². The second-order valence-corrected chi connectivity index (χ2v) is 5.52. The van der Waals surface area contributed by atoms with E-state index in [0.717, 1.165) is 37.8 Å². The molecular weight excluding hydrogens is 279 g/mol. The highest BCUT2D eigenvalue weighted by Crippen LogP contribution is 2.27. The zero-order chi connectivity index (χ0) is 14.7. The molecule has 0 saturated heterocycles. The van der Waals surface area contributed by atoms with Crippen LogP contribution in [0.3, 0.4) is 0 Å². The van der Waals surface area contributed by atoms with Crippen molar-refractivity contribution in [3.63, 3.8) is 0 Å². The normalized spacial score (nSPS) is 15.2. The van der Waals surface area contributed by atoms with Gasteiger partial charge < -0.3 is 15.7 Å². The van der Waals surface area contributed by atoms with Gasteiger partial charge in [0, 0.05) is 12.1 Å². The number of benzene rings is 1. The van der Waals surface area contributed by atoms with E-state index >= 15 is 0 Å². The van der Waals surface area contributed by atoms with E-state index in [2.05, 4.69) is 0 Å². The van der Waals surface area contributed by atoms with Crippen LogP contribution < -0.4 is 5.73 Å². The van der Waals surface area contributed by atoms with Crippen LogP contribution in [0.4, 0.5) is 4.39 Å². The van der Waals surface area contributed by atoms with Gasteiger partial charge in [-0.2, -0.15) is 0 Å². The second-order valence-electron chi connectivity index (χ2n) is 5.00. The number of hydrogen-bond acceptors (Lipinski definition) is 3. The summed E-state index contributed by atoms with van der Waals surface area (Å²) in [6.45, 7) is 0.176. The highest BCUT2D eigenvalue weighted by atomic mass is 32.1. The SMILES string of the molecule is NC(=S)CN(C(=O)c1ccc(F)cc1O)C1CCCC1. The van der Waals surface area contributed by atoms with Crippen LogP contribution in [0.15, 0.2) is 18.2 Å². The molecule has 0 heterocycles. The maximum absolute atomic E-state index is 13.0. The number of rotatable bonds is 4. The van der Waals surface area contributed by atoms with Gasteiger partial charge in [0.2, 0.25) is 0 Å². The molecular formula is C14H17FN2O2S. The van der Waals surface area contributed by atoms with Crippen molar-refractivity contribution in [1.82, 2.24) is 4.90 Å². The lowest BCUT2D eigenvalue weighted by molar-refractivity contribution is 0.0711. The van der Waals surface area contributed by atoms with Crippen LogP contribution in [0.2, 0.25) is 0 Å². The Labute approximate surface area is 122 Å². The number of halogens is 1. The summed E-state index contributed by atoms with van der Waals surface area (Å²) in [5, 5.41) is 9.74. The highest BCUT2D eigenvalue weighted by Gasteiger charge is 2.29. The molecule has 20 heavy (non-hydrogen) atoms. The van der Waals surface area contributed by atoms with Gasteiger partial charge in [-0.1, -0.05) is 25.1 Å². The summed E-state index contributed by atoms with van der Waals surface area (Å²) in [4.78, 5) is 14.3. The van der Waals surface area contributed by atoms with Crippen LogP contribution in [0, 0.1) is 5.82 Å². The molecule has 1 aliphatic rings. The van der Waals surface area contributed by atoms with E-state index in [9.17, 15) is 14.3 Å². The van der Waals surface area contributed by atoms with E-state index in [-0.39, 0.29) is 34.8 Å². The molecule has 0 aliphatic heterocycles. The Kier molecular flexibility index (Phi) is 4.54. The van der Waals surface area contributed by atoms with Crippen molar-refractivity contribution >= 4 is 23.1 Å². The Morgan fingerprint density at radius 3 is 2.65 bits per heavy atom. The van der Waals surface area contributed by atoms with Crippen LogP contribution in [0.5, 0.6) is 5.75 Å². The first-order chi connectivity index (χ1) is 9.49. The molecule has 0 spiro atoms. The van der Waals surface area contributed by atoms with Crippen LogP contribution in [0.25, 0.3) is 0 Å². The lowest BCUT2D eigenvalue weighted by Gasteiger charge is -2.28. The predicted octanol–water partition coefficient (Wildman–Crippen LogP) is 2.20. The molecule has 6 heteroatoms. The lowest BCUT2D eigenvalue weighted by Crippen LogP contribution is -2.43. The molecule has 1 aromatic carbocycles. The van der Waals surface area contributed by atoms with E-state index in [4.69, 9.17) is 18.0 Å². The van der Waals surface area contributed by atoms with E-state index in [1.54, 1.807) is 4.90 Å². The molecule has 1 saturated carbocycles. The summed E-state index contributed by atoms with van der Waals surface area (Å²) in [6, 6.07) is 3.45. The Hall–Kier alpha value is -1.69. The van der Waals surface area contributed by atoms with Gasteiger partial charge >= 0.3 is 0 Å². The fourth-order valence-electron chi connectivity index (χ4n) is 2.59. The summed E-state index contributed by atoms with van der Waals surface area (Å²) in [5.74, 6) is -1.30. The predicted molar refractivity (Wildman–Crippen MR) is 78.1 cm³/mol. The van der Waals surface area contributed by atoms with Gasteiger partial charge in [0.25, 0.3) is 5.91 Å². The van der Waals surface area contributed by atoms with E-state index in [0.29, 0.717) is 0 Å².